The molecule has 5 nitrogen and oxygen atoms in total. The van der Waals surface area contributed by atoms with Crippen LogP contribution in [0.2, 0.25) is 10.0 Å². The number of thioether (sulfide) groups is 1. The summed E-state index contributed by atoms with van der Waals surface area (Å²) in [6.45, 7) is 2.36. The van der Waals surface area contributed by atoms with Crippen LogP contribution in [0.4, 0.5) is 0 Å². The van der Waals surface area contributed by atoms with Crippen molar-refractivity contribution in [2.24, 2.45) is 0 Å². The van der Waals surface area contributed by atoms with Crippen LogP contribution in [-0.2, 0) is 11.3 Å². The Morgan fingerprint density at radius 1 is 1.27 bits per heavy atom. The van der Waals surface area contributed by atoms with Crippen molar-refractivity contribution in [1.82, 2.24) is 20.1 Å². The highest BCUT2D eigenvalue weighted by Gasteiger charge is 2.21. The highest BCUT2D eigenvalue weighted by Crippen LogP contribution is 2.32. The van der Waals surface area contributed by atoms with Gasteiger partial charge in [0.25, 0.3) is 0 Å². The average Bonchev–Trinajstić information content (AvgIpc) is 3.00. The summed E-state index contributed by atoms with van der Waals surface area (Å²) in [6, 6.07) is 5.71. The third kappa shape index (κ3) is 4.93. The lowest BCUT2D eigenvalue weighted by atomic mass is 9.95. The van der Waals surface area contributed by atoms with Gasteiger partial charge >= 0.3 is 0 Å². The van der Waals surface area contributed by atoms with Crippen molar-refractivity contribution in [3.05, 3.63) is 39.6 Å². The van der Waals surface area contributed by atoms with E-state index in [2.05, 4.69) is 20.1 Å². The molecule has 0 radical (unpaired) electrons. The molecule has 0 atom stereocenters. The fraction of sp³-hybridized carbons (Fsp3) is 0.500. The fourth-order valence-electron chi connectivity index (χ4n) is 3.25. The van der Waals surface area contributed by atoms with Gasteiger partial charge in [-0.05, 0) is 37.5 Å². The summed E-state index contributed by atoms with van der Waals surface area (Å²) in [4.78, 5) is 12.2. The molecule has 0 aliphatic heterocycles. The molecule has 140 valence electrons. The van der Waals surface area contributed by atoms with Gasteiger partial charge in [-0.15, -0.1) is 10.2 Å². The van der Waals surface area contributed by atoms with Crippen LogP contribution in [0.5, 0.6) is 0 Å². The third-order valence-electron chi connectivity index (χ3n) is 4.60. The summed E-state index contributed by atoms with van der Waals surface area (Å²) >= 11 is 13.5. The molecule has 1 fully saturated rings. The minimum atomic E-state index is -0.0585. The van der Waals surface area contributed by atoms with Crippen molar-refractivity contribution in [2.45, 2.75) is 56.8 Å². The second kappa shape index (κ2) is 9.11. The number of aryl methyl sites for hydroxylation is 1. The molecule has 26 heavy (non-hydrogen) atoms. The summed E-state index contributed by atoms with van der Waals surface area (Å²) in [5.74, 6) is 1.17. The Morgan fingerprint density at radius 2 is 2.04 bits per heavy atom. The van der Waals surface area contributed by atoms with Gasteiger partial charge in [-0.2, -0.15) is 0 Å². The maximum absolute atomic E-state index is 12.2. The van der Waals surface area contributed by atoms with Crippen molar-refractivity contribution in [3.63, 3.8) is 0 Å². The first kappa shape index (κ1) is 19.5. The van der Waals surface area contributed by atoms with Crippen LogP contribution >= 0.6 is 35.0 Å². The summed E-state index contributed by atoms with van der Waals surface area (Å²) in [6.07, 6.45) is 6.11. The molecule has 1 aromatic carbocycles. The first-order chi connectivity index (χ1) is 12.5. The van der Waals surface area contributed by atoms with E-state index < -0.39 is 0 Å². The van der Waals surface area contributed by atoms with E-state index >= 15 is 0 Å². The Balaban J connectivity index is 1.54. The number of carbonyl (C=O) groups excluding carboxylic acids is 1. The van der Waals surface area contributed by atoms with E-state index in [1.807, 2.05) is 13.0 Å². The number of benzene rings is 1. The zero-order valence-electron chi connectivity index (χ0n) is 14.7. The first-order valence-electron chi connectivity index (χ1n) is 8.79. The van der Waals surface area contributed by atoms with Crippen molar-refractivity contribution >= 4 is 40.9 Å². The molecule has 0 bridgehead atoms. The monoisotopic (exact) mass is 412 g/mol. The number of aromatic nitrogens is 3. The second-order valence-electron chi connectivity index (χ2n) is 6.49. The van der Waals surface area contributed by atoms with Crippen molar-refractivity contribution in [2.75, 3.05) is 5.75 Å². The molecular formula is C18H22Cl2N4OS. The summed E-state index contributed by atoms with van der Waals surface area (Å²) in [5.41, 5.74) is 0.843. The molecule has 1 N–H and O–H groups in total. The molecule has 2 aromatic rings. The van der Waals surface area contributed by atoms with Gasteiger partial charge in [0, 0.05) is 22.6 Å². The van der Waals surface area contributed by atoms with Crippen molar-refractivity contribution < 1.29 is 4.79 Å². The molecule has 0 saturated heterocycles. The standard InChI is InChI=1S/C18H22Cl2N4OS/c1-12-22-23-18(24(12)15-5-3-2-4-6-15)26-11-17(25)21-10-13-7-8-14(19)9-16(13)20/h7-9,15H,2-6,10-11H2,1H3,(H,21,25). The maximum Gasteiger partial charge on any atom is 0.230 e. The number of nitrogens with zero attached hydrogens (tertiary/aromatic N) is 3. The maximum atomic E-state index is 12.2. The minimum Gasteiger partial charge on any atom is -0.351 e. The van der Waals surface area contributed by atoms with E-state index in [0.29, 0.717) is 28.4 Å². The lowest BCUT2D eigenvalue weighted by molar-refractivity contribution is -0.118. The molecule has 1 aliphatic rings. The summed E-state index contributed by atoms with van der Waals surface area (Å²) in [5, 5.41) is 13.3. The lowest BCUT2D eigenvalue weighted by Gasteiger charge is -2.24. The van der Waals surface area contributed by atoms with Crippen molar-refractivity contribution in [1.29, 1.82) is 0 Å². The smallest absolute Gasteiger partial charge is 0.230 e. The molecule has 0 unspecified atom stereocenters. The SMILES string of the molecule is Cc1nnc(SCC(=O)NCc2ccc(Cl)cc2Cl)n1C1CCCCC1. The van der Waals surface area contributed by atoms with Crippen LogP contribution in [-0.4, -0.2) is 26.4 Å². The van der Waals surface area contributed by atoms with Crippen LogP contribution in [0, 0.1) is 6.92 Å². The highest BCUT2D eigenvalue weighted by atomic mass is 35.5. The minimum absolute atomic E-state index is 0.0585. The number of nitrogens with one attached hydrogen (secondary N) is 1. The van der Waals surface area contributed by atoms with Gasteiger partial charge in [-0.1, -0.05) is 60.3 Å². The quantitative estimate of drug-likeness (QED) is 0.691. The molecule has 1 heterocycles. The van der Waals surface area contributed by atoms with E-state index in [1.54, 1.807) is 12.1 Å². The Morgan fingerprint density at radius 3 is 2.77 bits per heavy atom. The Labute approximate surface area is 167 Å². The molecule has 1 aromatic heterocycles. The van der Waals surface area contributed by atoms with Gasteiger partial charge in [-0.25, -0.2) is 0 Å². The zero-order chi connectivity index (χ0) is 18.5. The normalized spacial score (nSPS) is 15.2. The van der Waals surface area contributed by atoms with E-state index in [-0.39, 0.29) is 5.91 Å². The molecule has 8 heteroatoms. The molecule has 1 amide bonds. The Hall–Kier alpha value is -1.24. The summed E-state index contributed by atoms with van der Waals surface area (Å²) in [7, 11) is 0. The molecule has 3 rings (SSSR count). The third-order valence-corrected chi connectivity index (χ3v) is 6.13. The Bertz CT molecular complexity index is 775. The number of halogens is 2. The fourth-order valence-corrected chi connectivity index (χ4v) is 4.60. The number of hydrogen-bond donors (Lipinski definition) is 1. The second-order valence-corrected chi connectivity index (χ2v) is 8.28. The molecular weight excluding hydrogens is 391 g/mol. The van der Waals surface area contributed by atoms with Gasteiger partial charge in [0.05, 0.1) is 5.75 Å². The number of rotatable bonds is 6. The van der Waals surface area contributed by atoms with Crippen molar-refractivity contribution in [3.8, 4) is 0 Å². The summed E-state index contributed by atoms with van der Waals surface area (Å²) < 4.78 is 2.20. The van der Waals surface area contributed by atoms with Gasteiger partial charge in [0.2, 0.25) is 5.91 Å². The van der Waals surface area contributed by atoms with Crippen LogP contribution in [0.25, 0.3) is 0 Å². The van der Waals surface area contributed by atoms with Crippen LogP contribution < -0.4 is 5.32 Å². The van der Waals surface area contributed by atoms with E-state index in [1.165, 1.54) is 31.0 Å². The first-order valence-corrected chi connectivity index (χ1v) is 10.5. The highest BCUT2D eigenvalue weighted by molar-refractivity contribution is 7.99. The van der Waals surface area contributed by atoms with E-state index in [9.17, 15) is 4.79 Å². The number of carbonyl (C=O) groups is 1. The topological polar surface area (TPSA) is 59.8 Å². The van der Waals surface area contributed by atoms with E-state index in [0.717, 1.165) is 29.4 Å². The predicted octanol–water partition coefficient (Wildman–Crippen LogP) is 4.81. The average molecular weight is 413 g/mol. The molecule has 0 spiro atoms. The Kier molecular flexibility index (Phi) is 6.84. The number of hydrogen-bond acceptors (Lipinski definition) is 4. The van der Waals surface area contributed by atoms with Crippen LogP contribution in [0.3, 0.4) is 0 Å². The molecule has 1 aliphatic carbocycles. The predicted molar refractivity (Wildman–Crippen MR) is 106 cm³/mol. The molecule has 1 saturated carbocycles. The van der Waals surface area contributed by atoms with Crippen LogP contribution in [0.15, 0.2) is 23.4 Å². The van der Waals surface area contributed by atoms with E-state index in [4.69, 9.17) is 23.2 Å². The zero-order valence-corrected chi connectivity index (χ0v) is 17.0. The van der Waals surface area contributed by atoms with Gasteiger partial charge in [0.1, 0.15) is 5.82 Å². The van der Waals surface area contributed by atoms with Gasteiger partial charge in [0.15, 0.2) is 5.16 Å². The van der Waals surface area contributed by atoms with Gasteiger partial charge in [-0.3, -0.25) is 4.79 Å². The number of amides is 1. The van der Waals surface area contributed by atoms with Crippen LogP contribution in [0.1, 0.15) is 49.5 Å². The van der Waals surface area contributed by atoms with Gasteiger partial charge < -0.3 is 9.88 Å². The largest absolute Gasteiger partial charge is 0.351 e. The lowest BCUT2D eigenvalue weighted by Crippen LogP contribution is -2.25.